The van der Waals surface area contributed by atoms with E-state index in [1.165, 1.54) is 52.5 Å². The predicted molar refractivity (Wildman–Crippen MR) is 259 cm³/mol. The minimum atomic E-state index is -1.22. The molecule has 0 saturated carbocycles. The molecule has 0 bridgehead atoms. The van der Waals surface area contributed by atoms with Crippen LogP contribution in [0.3, 0.4) is 0 Å². The predicted octanol–water partition coefficient (Wildman–Crippen LogP) is 5.78. The van der Waals surface area contributed by atoms with E-state index in [1.54, 1.807) is 36.4 Å². The molecule has 70 heavy (non-hydrogen) atoms. The Labute approximate surface area is 409 Å². The van der Waals surface area contributed by atoms with E-state index in [1.807, 2.05) is 36.4 Å². The highest BCUT2D eigenvalue weighted by Gasteiger charge is 2.24. The number of isothiocyanates is 1. The van der Waals surface area contributed by atoms with Gasteiger partial charge in [0.2, 0.25) is 0 Å². The largest absolute Gasteiger partial charge is 0.496 e. The van der Waals surface area contributed by atoms with Crippen molar-refractivity contribution >= 4 is 46.9 Å². The molecule has 4 N–H and O–H groups in total. The number of thiocarbonyl (C=S) groups is 1. The van der Waals surface area contributed by atoms with Gasteiger partial charge >= 0.3 is 23.9 Å². The van der Waals surface area contributed by atoms with Crippen molar-refractivity contribution in [2.45, 2.75) is 32.6 Å². The van der Waals surface area contributed by atoms with Crippen LogP contribution < -0.4 is 28.4 Å². The molecule has 0 saturated heterocycles. The lowest BCUT2D eigenvalue weighted by Crippen LogP contribution is -2.34. The minimum Gasteiger partial charge on any atom is -0.496 e. The fourth-order valence-electron chi connectivity index (χ4n) is 7.80. The van der Waals surface area contributed by atoms with Crippen LogP contribution in [0.2, 0.25) is 0 Å². The van der Waals surface area contributed by atoms with Crippen molar-refractivity contribution in [3.05, 3.63) is 101 Å². The molecule has 0 amide bonds. The Morgan fingerprint density at radius 1 is 0.514 bits per heavy atom. The fraction of sp³-hybridized carbons (Fsp3) is 0.327. The third-order valence-electron chi connectivity index (χ3n) is 10.7. The lowest BCUT2D eigenvalue weighted by molar-refractivity contribution is -0.144. The van der Waals surface area contributed by atoms with Crippen LogP contribution in [0.4, 0.5) is 5.69 Å². The third-order valence-corrected chi connectivity index (χ3v) is 10.8. The molecule has 20 nitrogen and oxygen atoms in total. The van der Waals surface area contributed by atoms with Crippen LogP contribution in [-0.4, -0.2) is 150 Å². The Hall–Kier alpha value is -7.68. The molecule has 0 unspecified atom stereocenters. The standard InChI is InChI=1S/C49H54N6O14S/c1-64-38-17-40(66-3)48(41(18-38)67-4)31-13-34(51-36(15-31)23-54(25-44(56)57)26-45(58)59)21-53(12-11-30-7-9-33(10-8-30)50-29-70)22-35-14-32(49-42(68-5)19-39(65-2)20-43(49)69-6)16-37(52-35)24-55(27-46(60)61)28-47(62)63/h7-10,13-20H,11-12,21-28H2,1-6H3,(H,56,57)(H,58,59)(H,60,61)(H,62,63). The van der Waals surface area contributed by atoms with Crippen LogP contribution in [0.25, 0.3) is 22.3 Å². The molecule has 21 heteroatoms. The van der Waals surface area contributed by atoms with Crippen LogP contribution in [-0.2, 0) is 51.8 Å². The Balaban J connectivity index is 1.72. The summed E-state index contributed by atoms with van der Waals surface area (Å²) in [4.78, 5) is 66.2. The average molecular weight is 983 g/mol. The summed E-state index contributed by atoms with van der Waals surface area (Å²) >= 11 is 4.79. The second-order valence-electron chi connectivity index (χ2n) is 15.7. The van der Waals surface area contributed by atoms with Crippen molar-refractivity contribution in [1.82, 2.24) is 24.7 Å². The van der Waals surface area contributed by atoms with E-state index in [-0.39, 0.29) is 26.2 Å². The summed E-state index contributed by atoms with van der Waals surface area (Å²) < 4.78 is 34.3. The number of methoxy groups -OCH3 is 6. The first kappa shape index (κ1) is 53.3. The first-order valence-electron chi connectivity index (χ1n) is 21.4. The quantitative estimate of drug-likeness (QED) is 0.0342. The molecule has 370 valence electrons. The molecule has 5 aromatic rings. The second-order valence-corrected chi connectivity index (χ2v) is 15.9. The van der Waals surface area contributed by atoms with E-state index < -0.39 is 50.1 Å². The first-order valence-corrected chi connectivity index (χ1v) is 21.8. The highest BCUT2D eigenvalue weighted by atomic mass is 32.1. The van der Waals surface area contributed by atoms with Gasteiger partial charge in [0.25, 0.3) is 0 Å². The number of rotatable bonds is 28. The van der Waals surface area contributed by atoms with Gasteiger partial charge in [0, 0.05) is 57.0 Å². The third kappa shape index (κ3) is 15.2. The first-order chi connectivity index (χ1) is 33.6. The fourth-order valence-corrected chi connectivity index (χ4v) is 7.91. The molecule has 2 aromatic heterocycles. The van der Waals surface area contributed by atoms with Crippen LogP contribution >= 0.6 is 12.2 Å². The van der Waals surface area contributed by atoms with Crippen LogP contribution in [0.15, 0.2) is 77.8 Å². The van der Waals surface area contributed by atoms with Gasteiger partial charge in [-0.3, -0.25) is 43.8 Å². The highest BCUT2D eigenvalue weighted by Crippen LogP contribution is 2.44. The molecular formula is C49H54N6O14S. The van der Waals surface area contributed by atoms with Crippen molar-refractivity contribution < 1.29 is 68.0 Å². The van der Waals surface area contributed by atoms with E-state index in [0.29, 0.717) is 98.2 Å². The van der Waals surface area contributed by atoms with Gasteiger partial charge < -0.3 is 48.8 Å². The Morgan fingerprint density at radius 3 is 1.13 bits per heavy atom. The van der Waals surface area contributed by atoms with Crippen LogP contribution in [0.5, 0.6) is 34.5 Å². The number of carboxylic acids is 4. The topological polar surface area (TPSA) is 252 Å². The summed E-state index contributed by atoms with van der Waals surface area (Å²) in [6.45, 7) is -1.92. The van der Waals surface area contributed by atoms with E-state index in [4.69, 9.17) is 50.6 Å². The van der Waals surface area contributed by atoms with Gasteiger partial charge in [-0.15, -0.1) is 0 Å². The van der Waals surface area contributed by atoms with Gasteiger partial charge in [-0.2, -0.15) is 4.99 Å². The maximum absolute atomic E-state index is 11.9. The van der Waals surface area contributed by atoms with Gasteiger partial charge in [0.1, 0.15) is 34.5 Å². The van der Waals surface area contributed by atoms with Gasteiger partial charge in [-0.1, -0.05) is 12.1 Å². The molecule has 0 aliphatic rings. The summed E-state index contributed by atoms with van der Waals surface area (Å²) in [5, 5.41) is 41.3. The number of ether oxygens (including phenoxy) is 6. The molecule has 0 radical (unpaired) electrons. The summed E-state index contributed by atoms with van der Waals surface area (Å²) in [6, 6.07) is 21.3. The smallest absolute Gasteiger partial charge is 0.317 e. The number of nitrogens with zero attached hydrogens (tertiary/aromatic N) is 6. The number of aliphatic imine (C=N–C) groups is 1. The van der Waals surface area contributed by atoms with Crippen molar-refractivity contribution in [1.29, 1.82) is 0 Å². The second kappa shape index (κ2) is 25.6. The normalized spacial score (nSPS) is 11.0. The number of carbonyl (C=O) groups is 4. The Morgan fingerprint density at radius 2 is 0.843 bits per heavy atom. The minimum absolute atomic E-state index is 0.146. The van der Waals surface area contributed by atoms with E-state index >= 15 is 0 Å². The van der Waals surface area contributed by atoms with Gasteiger partial charge in [0.15, 0.2) is 0 Å². The summed E-state index contributed by atoms with van der Waals surface area (Å²) in [6.07, 6.45) is 0.511. The number of aromatic nitrogens is 2. The van der Waals surface area contributed by atoms with Crippen LogP contribution in [0, 0.1) is 0 Å². The maximum atomic E-state index is 11.9. The molecule has 2 heterocycles. The number of carboxylic acid groups (broad SMARTS) is 4. The molecule has 3 aromatic carbocycles. The zero-order chi connectivity index (χ0) is 50.9. The monoisotopic (exact) mass is 982 g/mol. The lowest BCUT2D eigenvalue weighted by atomic mass is 10.0. The van der Waals surface area contributed by atoms with E-state index in [9.17, 15) is 39.6 Å². The number of aliphatic carboxylic acids is 4. The lowest BCUT2D eigenvalue weighted by Gasteiger charge is -2.25. The van der Waals surface area contributed by atoms with Crippen LogP contribution in [0.1, 0.15) is 28.3 Å². The molecular weight excluding hydrogens is 929 g/mol. The number of pyridine rings is 2. The summed E-state index contributed by atoms with van der Waals surface area (Å²) in [5.41, 5.74) is 5.45. The number of hydrogen-bond acceptors (Lipinski definition) is 17. The molecule has 0 fully saturated rings. The summed E-state index contributed by atoms with van der Waals surface area (Å²) in [5.74, 6) is -2.41. The molecule has 5 rings (SSSR count). The van der Waals surface area contributed by atoms with E-state index in [2.05, 4.69) is 15.1 Å². The summed E-state index contributed by atoms with van der Waals surface area (Å²) in [7, 11) is 8.99. The zero-order valence-corrected chi connectivity index (χ0v) is 40.3. The van der Waals surface area contributed by atoms with Gasteiger partial charge in [-0.25, -0.2) is 0 Å². The maximum Gasteiger partial charge on any atom is 0.317 e. The van der Waals surface area contributed by atoms with Gasteiger partial charge in [0.05, 0.1) is 114 Å². The van der Waals surface area contributed by atoms with Crippen molar-refractivity contribution in [2.24, 2.45) is 4.99 Å². The number of benzene rings is 3. The SMILES string of the molecule is COc1cc(OC)c(-c2cc(CN(CC(=O)O)CC(=O)O)nc(CN(CCc3ccc(N=C=S)cc3)Cc3cc(-c4c(OC)cc(OC)cc4OC)cc(CN(CC(=O)O)CC(=O)O)n3)c2)c(OC)c1. The molecule has 0 aliphatic heterocycles. The molecule has 0 aliphatic carbocycles. The van der Waals surface area contributed by atoms with Gasteiger partial charge in [-0.05, 0) is 71.7 Å². The number of hydrogen-bond donors (Lipinski definition) is 4. The average Bonchev–Trinajstić information content (AvgIpc) is 3.31. The zero-order valence-electron chi connectivity index (χ0n) is 39.5. The highest BCUT2D eigenvalue weighted by molar-refractivity contribution is 7.78. The molecule has 0 spiro atoms. The Kier molecular flexibility index (Phi) is 19.5. The Bertz CT molecular complexity index is 2480. The van der Waals surface area contributed by atoms with E-state index in [0.717, 1.165) is 5.56 Å². The molecule has 0 atom stereocenters. The van der Waals surface area contributed by atoms with Crippen molar-refractivity contribution in [2.75, 3.05) is 75.4 Å². The van der Waals surface area contributed by atoms with Crippen molar-refractivity contribution in [3.8, 4) is 56.8 Å². The van der Waals surface area contributed by atoms with Crippen molar-refractivity contribution in [3.63, 3.8) is 0 Å².